The fraction of sp³-hybridized carbons (Fsp3) is 0.250. The Kier molecular flexibility index (Phi) is 5.86. The van der Waals surface area contributed by atoms with Crippen LogP contribution in [0.5, 0.6) is 0 Å². The third kappa shape index (κ3) is 4.39. The number of amides is 1. The minimum Gasteiger partial charge on any atom is -0.336 e. The number of rotatable bonds is 4. The normalized spacial score (nSPS) is 14.9. The molecule has 1 aliphatic rings. The summed E-state index contributed by atoms with van der Waals surface area (Å²) in [6.45, 7) is 4.18. The summed E-state index contributed by atoms with van der Waals surface area (Å²) in [5.74, 6) is -0.691. The molecule has 2 heterocycles. The van der Waals surface area contributed by atoms with E-state index in [2.05, 4.69) is 9.88 Å². The quantitative estimate of drug-likeness (QED) is 0.650. The standard InChI is InChI=1S/C24H23F2N3O/c1-17-12-20(16-27-15-17)24(30)29-10-8-28(9-11-29)23(18-4-2-6-21(25)13-18)19-5-3-7-22(26)14-19/h2-7,12-16,23H,8-11H2,1H3. The molecule has 0 saturated carbocycles. The van der Waals surface area contributed by atoms with E-state index in [1.54, 1.807) is 29.4 Å². The average Bonchev–Trinajstić information content (AvgIpc) is 2.74. The minimum atomic E-state index is -0.324. The van der Waals surface area contributed by atoms with E-state index < -0.39 is 0 Å². The maximum atomic E-state index is 13.9. The molecule has 1 fully saturated rings. The van der Waals surface area contributed by atoms with Gasteiger partial charge < -0.3 is 4.90 Å². The number of halogens is 2. The lowest BCUT2D eigenvalue weighted by atomic mass is 9.96. The number of hydrogen-bond donors (Lipinski definition) is 0. The fourth-order valence-electron chi connectivity index (χ4n) is 4.01. The summed E-state index contributed by atoms with van der Waals surface area (Å²) < 4.78 is 27.9. The number of aromatic nitrogens is 1. The topological polar surface area (TPSA) is 36.4 Å². The lowest BCUT2D eigenvalue weighted by Gasteiger charge is -2.39. The minimum absolute atomic E-state index is 0.0427. The molecule has 2 aromatic carbocycles. The van der Waals surface area contributed by atoms with Gasteiger partial charge in [-0.1, -0.05) is 24.3 Å². The van der Waals surface area contributed by atoms with Crippen molar-refractivity contribution < 1.29 is 13.6 Å². The Morgan fingerprint density at radius 1 is 0.900 bits per heavy atom. The summed E-state index contributed by atoms with van der Waals surface area (Å²) in [4.78, 5) is 20.9. The average molecular weight is 407 g/mol. The van der Waals surface area contributed by atoms with Crippen LogP contribution in [0.2, 0.25) is 0 Å². The highest BCUT2D eigenvalue weighted by atomic mass is 19.1. The van der Waals surface area contributed by atoms with E-state index in [9.17, 15) is 13.6 Å². The molecule has 4 nitrogen and oxygen atoms in total. The van der Waals surface area contributed by atoms with Gasteiger partial charge in [0.05, 0.1) is 11.6 Å². The molecule has 1 aliphatic heterocycles. The van der Waals surface area contributed by atoms with Crippen molar-refractivity contribution in [2.75, 3.05) is 26.2 Å². The van der Waals surface area contributed by atoms with Crippen molar-refractivity contribution in [3.63, 3.8) is 0 Å². The molecule has 1 aromatic heterocycles. The number of piperazine rings is 1. The molecule has 3 aromatic rings. The summed E-state index contributed by atoms with van der Waals surface area (Å²) >= 11 is 0. The third-order valence-electron chi connectivity index (χ3n) is 5.42. The van der Waals surface area contributed by atoms with Crippen molar-refractivity contribution in [2.45, 2.75) is 13.0 Å². The first-order valence-corrected chi connectivity index (χ1v) is 9.97. The van der Waals surface area contributed by atoms with Crippen LogP contribution in [0.3, 0.4) is 0 Å². The highest BCUT2D eigenvalue weighted by Crippen LogP contribution is 2.30. The SMILES string of the molecule is Cc1cncc(C(=O)N2CCN(C(c3cccc(F)c3)c3cccc(F)c3)CC2)c1. The van der Waals surface area contributed by atoms with Gasteiger partial charge in [-0.2, -0.15) is 0 Å². The largest absolute Gasteiger partial charge is 0.336 e. The predicted molar refractivity (Wildman–Crippen MR) is 111 cm³/mol. The van der Waals surface area contributed by atoms with Crippen molar-refractivity contribution in [1.82, 2.24) is 14.8 Å². The van der Waals surface area contributed by atoms with Crippen LogP contribution in [-0.4, -0.2) is 46.9 Å². The summed E-state index contributed by atoms with van der Waals surface area (Å²) in [5.41, 5.74) is 3.05. The smallest absolute Gasteiger partial charge is 0.255 e. The van der Waals surface area contributed by atoms with E-state index >= 15 is 0 Å². The van der Waals surface area contributed by atoms with Crippen LogP contribution in [0.1, 0.15) is 33.1 Å². The Balaban J connectivity index is 1.55. The number of pyridine rings is 1. The summed E-state index contributed by atoms with van der Waals surface area (Å²) in [5, 5.41) is 0. The Morgan fingerprint density at radius 3 is 2.03 bits per heavy atom. The molecular weight excluding hydrogens is 384 g/mol. The van der Waals surface area contributed by atoms with Gasteiger partial charge in [-0.3, -0.25) is 14.7 Å². The number of nitrogens with zero attached hydrogens (tertiary/aromatic N) is 3. The number of benzene rings is 2. The van der Waals surface area contributed by atoms with E-state index in [1.807, 2.05) is 25.1 Å². The zero-order valence-corrected chi connectivity index (χ0v) is 16.8. The van der Waals surface area contributed by atoms with Crippen LogP contribution >= 0.6 is 0 Å². The molecule has 0 radical (unpaired) electrons. The van der Waals surface area contributed by atoms with E-state index in [0.29, 0.717) is 31.7 Å². The summed E-state index contributed by atoms with van der Waals surface area (Å²) in [6, 6.07) is 14.4. The van der Waals surface area contributed by atoms with Gasteiger partial charge in [-0.25, -0.2) is 8.78 Å². The Morgan fingerprint density at radius 2 is 1.50 bits per heavy atom. The van der Waals surface area contributed by atoms with Gasteiger partial charge in [0.2, 0.25) is 0 Å². The van der Waals surface area contributed by atoms with E-state index in [4.69, 9.17) is 0 Å². The second-order valence-corrected chi connectivity index (χ2v) is 7.59. The van der Waals surface area contributed by atoms with Gasteiger partial charge >= 0.3 is 0 Å². The summed E-state index contributed by atoms with van der Waals surface area (Å²) in [7, 11) is 0. The highest BCUT2D eigenvalue weighted by molar-refractivity contribution is 5.94. The number of aryl methyl sites for hydroxylation is 1. The summed E-state index contributed by atoms with van der Waals surface area (Å²) in [6.07, 6.45) is 3.31. The maximum absolute atomic E-state index is 13.9. The molecule has 0 N–H and O–H groups in total. The molecule has 4 rings (SSSR count). The first-order valence-electron chi connectivity index (χ1n) is 9.97. The Labute approximate surface area is 174 Å². The second kappa shape index (κ2) is 8.71. The van der Waals surface area contributed by atoms with Crippen molar-refractivity contribution in [2.24, 2.45) is 0 Å². The Hall–Kier alpha value is -3.12. The van der Waals surface area contributed by atoms with Crippen molar-refractivity contribution in [3.05, 3.63) is 101 Å². The van der Waals surface area contributed by atoms with E-state index in [0.717, 1.165) is 16.7 Å². The van der Waals surface area contributed by atoms with E-state index in [-0.39, 0.29) is 23.6 Å². The van der Waals surface area contributed by atoms with Gasteiger partial charge in [0.25, 0.3) is 5.91 Å². The molecule has 1 amide bonds. The monoisotopic (exact) mass is 407 g/mol. The highest BCUT2D eigenvalue weighted by Gasteiger charge is 2.29. The number of hydrogen-bond acceptors (Lipinski definition) is 3. The van der Waals surface area contributed by atoms with E-state index in [1.165, 1.54) is 24.3 Å². The first-order chi connectivity index (χ1) is 14.5. The second-order valence-electron chi connectivity index (χ2n) is 7.59. The molecule has 0 spiro atoms. The Bertz CT molecular complexity index is 1000. The van der Waals surface area contributed by atoms with Crippen LogP contribution < -0.4 is 0 Å². The first kappa shape index (κ1) is 20.2. The van der Waals surface area contributed by atoms with Crippen LogP contribution in [0.15, 0.2) is 67.0 Å². The van der Waals surface area contributed by atoms with Crippen molar-refractivity contribution in [3.8, 4) is 0 Å². The molecule has 0 aliphatic carbocycles. The molecule has 0 atom stereocenters. The van der Waals surface area contributed by atoms with Crippen molar-refractivity contribution >= 4 is 5.91 Å². The molecule has 30 heavy (non-hydrogen) atoms. The van der Waals surface area contributed by atoms with Crippen LogP contribution in [-0.2, 0) is 0 Å². The molecule has 0 bridgehead atoms. The molecule has 154 valence electrons. The van der Waals surface area contributed by atoms with Crippen LogP contribution in [0, 0.1) is 18.6 Å². The van der Waals surface area contributed by atoms with Gasteiger partial charge in [-0.05, 0) is 53.9 Å². The molecule has 0 unspecified atom stereocenters. The third-order valence-corrected chi connectivity index (χ3v) is 5.42. The molecule has 1 saturated heterocycles. The van der Waals surface area contributed by atoms with Crippen LogP contribution in [0.25, 0.3) is 0 Å². The van der Waals surface area contributed by atoms with Gasteiger partial charge in [0.15, 0.2) is 0 Å². The number of carbonyl (C=O) groups is 1. The van der Waals surface area contributed by atoms with Gasteiger partial charge in [0.1, 0.15) is 11.6 Å². The molecular formula is C24H23F2N3O. The lowest BCUT2D eigenvalue weighted by Crippen LogP contribution is -2.49. The zero-order valence-electron chi connectivity index (χ0n) is 16.8. The zero-order chi connectivity index (χ0) is 21.1. The van der Waals surface area contributed by atoms with Gasteiger partial charge in [-0.15, -0.1) is 0 Å². The lowest BCUT2D eigenvalue weighted by molar-refractivity contribution is 0.0596. The van der Waals surface area contributed by atoms with Crippen LogP contribution in [0.4, 0.5) is 8.78 Å². The predicted octanol–water partition coefficient (Wildman–Crippen LogP) is 4.22. The fourth-order valence-corrected chi connectivity index (χ4v) is 4.01. The van der Waals surface area contributed by atoms with Gasteiger partial charge in [0, 0.05) is 38.6 Å². The van der Waals surface area contributed by atoms with Crippen molar-refractivity contribution in [1.29, 1.82) is 0 Å². The number of carbonyl (C=O) groups excluding carboxylic acids is 1. The molecule has 6 heteroatoms. The maximum Gasteiger partial charge on any atom is 0.255 e.